The van der Waals surface area contributed by atoms with E-state index in [2.05, 4.69) is 15.3 Å². The number of nitrogens with two attached hydrogens (primary N) is 1. The van der Waals surface area contributed by atoms with Crippen LogP contribution in [0.3, 0.4) is 0 Å². The Bertz CT molecular complexity index is 1110. The summed E-state index contributed by atoms with van der Waals surface area (Å²) in [5.74, 6) is -1.14. The zero-order valence-electron chi connectivity index (χ0n) is 16.9. The molecule has 164 valence electrons. The lowest BCUT2D eigenvalue weighted by Crippen LogP contribution is -2.39. The number of ether oxygens (including phenoxy) is 1. The number of amides is 2. The van der Waals surface area contributed by atoms with Crippen molar-refractivity contribution in [2.75, 3.05) is 34.8 Å². The Morgan fingerprint density at radius 1 is 1.12 bits per heavy atom. The monoisotopic (exact) mass is 453 g/mol. The molecule has 1 saturated heterocycles. The molecule has 0 aliphatic carbocycles. The quantitative estimate of drug-likeness (QED) is 0.634. The number of primary amides is 1. The van der Waals surface area contributed by atoms with E-state index in [4.69, 9.17) is 27.5 Å². The molecule has 10 nitrogen and oxygen atoms in total. The van der Waals surface area contributed by atoms with Crippen molar-refractivity contribution in [1.29, 1.82) is 5.41 Å². The highest BCUT2D eigenvalue weighted by atomic mass is 35.5. The zero-order chi connectivity index (χ0) is 22.7. The van der Waals surface area contributed by atoms with Gasteiger partial charge < -0.3 is 20.7 Å². The number of nitrogens with one attached hydrogen (secondary N) is 2. The third-order valence-electron chi connectivity index (χ3n) is 4.88. The molecule has 3 heterocycles. The number of amidine groups is 1. The molecule has 0 saturated carbocycles. The van der Waals surface area contributed by atoms with Crippen molar-refractivity contribution in [2.24, 2.45) is 10.7 Å². The first-order valence-electron chi connectivity index (χ1n) is 9.80. The molecule has 2 amide bonds. The average molecular weight is 454 g/mol. The molecular formula is C21H20ClN7O3. The van der Waals surface area contributed by atoms with Gasteiger partial charge in [0.25, 0.3) is 17.8 Å². The van der Waals surface area contributed by atoms with Gasteiger partial charge in [-0.2, -0.15) is 0 Å². The molecule has 0 spiro atoms. The van der Waals surface area contributed by atoms with Gasteiger partial charge in [-0.05, 0) is 42.8 Å². The van der Waals surface area contributed by atoms with Gasteiger partial charge in [0.2, 0.25) is 0 Å². The van der Waals surface area contributed by atoms with E-state index in [1.165, 1.54) is 18.5 Å². The molecular weight excluding hydrogens is 434 g/mol. The minimum Gasteiger partial charge on any atom is -0.465 e. The van der Waals surface area contributed by atoms with E-state index >= 15 is 0 Å². The molecule has 1 aromatic carbocycles. The molecule has 2 aromatic rings. The molecule has 2 aliphatic rings. The number of carbonyl (C=O) groups excluding carboxylic acids is 2. The van der Waals surface area contributed by atoms with Crippen LogP contribution < -0.4 is 20.9 Å². The van der Waals surface area contributed by atoms with E-state index < -0.39 is 11.8 Å². The SMILES string of the molecule is N=C1OCCCN1c1ccc(N2CC=NC(C(=O)Nc3ccc(Cl)cn3)=C2C(N)=O)cc1. The van der Waals surface area contributed by atoms with Crippen molar-refractivity contribution in [1.82, 2.24) is 4.98 Å². The van der Waals surface area contributed by atoms with E-state index in [9.17, 15) is 9.59 Å². The number of aliphatic imine (C=N–C) groups is 1. The van der Waals surface area contributed by atoms with Crippen LogP contribution in [0.25, 0.3) is 0 Å². The fourth-order valence-electron chi connectivity index (χ4n) is 3.40. The van der Waals surface area contributed by atoms with Crippen LogP contribution in [0.4, 0.5) is 17.2 Å². The van der Waals surface area contributed by atoms with E-state index in [0.717, 1.165) is 12.1 Å². The molecule has 11 heteroatoms. The fourth-order valence-corrected chi connectivity index (χ4v) is 3.51. The number of rotatable bonds is 5. The lowest BCUT2D eigenvalue weighted by Gasteiger charge is -2.30. The van der Waals surface area contributed by atoms with Gasteiger partial charge in [0.1, 0.15) is 11.5 Å². The average Bonchev–Trinajstić information content (AvgIpc) is 2.80. The highest BCUT2D eigenvalue weighted by Crippen LogP contribution is 2.28. The predicted octanol–water partition coefficient (Wildman–Crippen LogP) is 2.12. The normalized spacial score (nSPS) is 16.1. The van der Waals surface area contributed by atoms with Gasteiger partial charge in [-0.15, -0.1) is 0 Å². The van der Waals surface area contributed by atoms with E-state index in [1.807, 2.05) is 12.1 Å². The largest absolute Gasteiger partial charge is 0.465 e. The van der Waals surface area contributed by atoms with Crippen LogP contribution >= 0.6 is 11.6 Å². The van der Waals surface area contributed by atoms with E-state index in [-0.39, 0.29) is 29.8 Å². The van der Waals surface area contributed by atoms with Gasteiger partial charge >= 0.3 is 0 Å². The number of carbonyl (C=O) groups is 2. The molecule has 4 rings (SSSR count). The van der Waals surface area contributed by atoms with Crippen molar-refractivity contribution >= 4 is 52.8 Å². The van der Waals surface area contributed by atoms with Crippen molar-refractivity contribution in [2.45, 2.75) is 6.42 Å². The third-order valence-corrected chi connectivity index (χ3v) is 5.10. The first-order chi connectivity index (χ1) is 15.4. The Morgan fingerprint density at radius 3 is 2.47 bits per heavy atom. The number of nitrogens with zero attached hydrogens (tertiary/aromatic N) is 4. The van der Waals surface area contributed by atoms with Crippen LogP contribution in [0.15, 0.2) is 59.0 Å². The first kappa shape index (κ1) is 21.3. The summed E-state index contributed by atoms with van der Waals surface area (Å²) in [4.78, 5) is 36.6. The number of aromatic nitrogens is 1. The molecule has 0 radical (unpaired) electrons. The van der Waals surface area contributed by atoms with Gasteiger partial charge in [0.15, 0.2) is 5.70 Å². The number of anilines is 3. The summed E-state index contributed by atoms with van der Waals surface area (Å²) in [5, 5.41) is 11.0. The number of halogens is 1. The lowest BCUT2D eigenvalue weighted by atomic mass is 10.1. The van der Waals surface area contributed by atoms with Gasteiger partial charge in [0, 0.05) is 30.3 Å². The number of benzene rings is 1. The second-order valence-corrected chi connectivity index (χ2v) is 7.41. The number of pyridine rings is 1. The summed E-state index contributed by atoms with van der Waals surface area (Å²) in [6, 6.07) is 10.4. The van der Waals surface area contributed by atoms with Crippen molar-refractivity contribution in [3.63, 3.8) is 0 Å². The van der Waals surface area contributed by atoms with Crippen LogP contribution in [0.5, 0.6) is 0 Å². The Balaban J connectivity index is 1.60. The summed E-state index contributed by atoms with van der Waals surface area (Å²) in [6.45, 7) is 1.48. The smallest absolute Gasteiger partial charge is 0.288 e. The maximum absolute atomic E-state index is 12.8. The summed E-state index contributed by atoms with van der Waals surface area (Å²) >= 11 is 5.82. The molecule has 0 unspecified atom stereocenters. The Labute approximate surface area is 188 Å². The summed E-state index contributed by atoms with van der Waals surface area (Å²) in [7, 11) is 0. The van der Waals surface area contributed by atoms with Crippen molar-refractivity contribution < 1.29 is 14.3 Å². The van der Waals surface area contributed by atoms with Gasteiger partial charge in [0.05, 0.1) is 18.2 Å². The van der Waals surface area contributed by atoms with Crippen LogP contribution in [0, 0.1) is 5.41 Å². The zero-order valence-corrected chi connectivity index (χ0v) is 17.7. The fraction of sp³-hybridized carbons (Fsp3) is 0.190. The molecule has 4 N–H and O–H groups in total. The van der Waals surface area contributed by atoms with Gasteiger partial charge in [-0.25, -0.2) is 4.98 Å². The topological polar surface area (TPSA) is 137 Å². The second kappa shape index (κ2) is 9.06. The Kier molecular flexibility index (Phi) is 6.04. The maximum Gasteiger partial charge on any atom is 0.288 e. The summed E-state index contributed by atoms with van der Waals surface area (Å²) in [6.07, 6.45) is 3.74. The molecule has 1 aromatic heterocycles. The minimum atomic E-state index is -0.786. The molecule has 1 fully saturated rings. The highest BCUT2D eigenvalue weighted by molar-refractivity contribution is 6.30. The molecule has 2 aliphatic heterocycles. The molecule has 32 heavy (non-hydrogen) atoms. The van der Waals surface area contributed by atoms with Crippen LogP contribution in [0.1, 0.15) is 6.42 Å². The maximum atomic E-state index is 12.8. The van der Waals surface area contributed by atoms with Crippen molar-refractivity contribution in [3.05, 3.63) is 59.0 Å². The van der Waals surface area contributed by atoms with Gasteiger partial charge in [-0.3, -0.25) is 24.9 Å². The van der Waals surface area contributed by atoms with E-state index in [1.54, 1.807) is 28.0 Å². The standard InChI is InChI=1S/C21H20ClN7O3/c22-13-2-7-16(26-12-13)27-20(31)17-18(19(23)30)28(10-8-25-17)14-3-5-15(6-4-14)29-9-1-11-32-21(29)24/h2-8,12,24H,1,9-11H2,(H2,23,30)(H,26,27,31). The third kappa shape index (κ3) is 4.40. The molecule has 0 atom stereocenters. The number of hydrogen-bond acceptors (Lipinski definition) is 7. The van der Waals surface area contributed by atoms with Crippen LogP contribution in [-0.2, 0) is 14.3 Å². The summed E-state index contributed by atoms with van der Waals surface area (Å²) < 4.78 is 5.29. The predicted molar refractivity (Wildman–Crippen MR) is 122 cm³/mol. The Morgan fingerprint density at radius 2 is 1.84 bits per heavy atom. The number of hydrogen-bond donors (Lipinski definition) is 3. The highest BCUT2D eigenvalue weighted by Gasteiger charge is 2.28. The van der Waals surface area contributed by atoms with Crippen LogP contribution in [0.2, 0.25) is 5.02 Å². The van der Waals surface area contributed by atoms with Gasteiger partial charge in [-0.1, -0.05) is 11.6 Å². The minimum absolute atomic E-state index is 0.0271. The van der Waals surface area contributed by atoms with E-state index in [0.29, 0.717) is 23.9 Å². The molecule has 0 bridgehead atoms. The van der Waals surface area contributed by atoms with Crippen LogP contribution in [-0.4, -0.2) is 48.7 Å². The second-order valence-electron chi connectivity index (χ2n) is 6.97. The lowest BCUT2D eigenvalue weighted by molar-refractivity contribution is -0.116. The van der Waals surface area contributed by atoms with Crippen molar-refractivity contribution in [3.8, 4) is 0 Å². The Hall–Kier alpha value is -3.92. The summed E-state index contributed by atoms with van der Waals surface area (Å²) in [5.41, 5.74) is 6.92. The first-order valence-corrected chi connectivity index (χ1v) is 10.2.